The molecular weight excluding hydrogens is 668 g/mol. The third-order valence-electron chi connectivity index (χ3n) is 9.22. The highest BCUT2D eigenvalue weighted by molar-refractivity contribution is 5.87. The summed E-state index contributed by atoms with van der Waals surface area (Å²) in [5.74, 6) is 2.04. The van der Waals surface area contributed by atoms with Crippen LogP contribution in [0.2, 0.25) is 0 Å². The highest BCUT2D eigenvalue weighted by Gasteiger charge is 2.30. The number of methoxy groups -OCH3 is 2. The van der Waals surface area contributed by atoms with Crippen LogP contribution < -0.4 is 23.8 Å². The van der Waals surface area contributed by atoms with E-state index in [2.05, 4.69) is 30.9 Å². The molecule has 1 fully saturated rings. The molecule has 2 N–H and O–H groups in total. The van der Waals surface area contributed by atoms with Crippen LogP contribution in [0.1, 0.15) is 75.5 Å². The Morgan fingerprint density at radius 3 is 1.85 bits per heavy atom. The summed E-state index contributed by atoms with van der Waals surface area (Å²) >= 11 is 0. The first-order valence-corrected chi connectivity index (χ1v) is 18.4. The lowest BCUT2D eigenvalue weighted by atomic mass is 9.82. The molecule has 0 aliphatic carbocycles. The standard InChI is InChI=1S/C40H48N2O6.C4H10O/c1-27-34(26-37(43)44)39(42-19-17-40(3,4)18-20-42)38(28(2)41-27)31-13-14-35(47-21-15-29-9-7-11-32(23-29)45-5)36(25-31)48-22-16-30-10-8-12-33(24-30)46-6;1-4(2,3)5/h7-14,23-25H,15-22,26H2,1-6H3,(H,43,44);5H,1-3H3. The Balaban J connectivity index is 0.00000117. The van der Waals surface area contributed by atoms with Crippen molar-refractivity contribution in [2.75, 3.05) is 45.4 Å². The van der Waals surface area contributed by atoms with Crippen LogP contribution in [0, 0.1) is 19.3 Å². The maximum absolute atomic E-state index is 12.1. The number of nitrogens with zero attached hydrogens (tertiary/aromatic N) is 2. The zero-order valence-corrected chi connectivity index (χ0v) is 33.0. The molecule has 0 amide bonds. The van der Waals surface area contributed by atoms with Crippen molar-refractivity contribution in [2.24, 2.45) is 5.41 Å². The second-order valence-electron chi connectivity index (χ2n) is 15.4. The maximum Gasteiger partial charge on any atom is 0.307 e. The molecule has 286 valence electrons. The number of piperidine rings is 1. The van der Waals surface area contributed by atoms with Gasteiger partial charge in [-0.3, -0.25) is 9.78 Å². The maximum atomic E-state index is 12.1. The molecular formula is C44H58N2O7. The SMILES string of the molecule is CC(C)(C)O.COc1cccc(CCOc2ccc(-c3c(C)nc(C)c(CC(=O)O)c3N3CCC(C)(C)CC3)cc2OCCc2cccc(OC)c2)c1. The summed E-state index contributed by atoms with van der Waals surface area (Å²) in [7, 11) is 3.33. The first kappa shape index (κ1) is 41.0. The van der Waals surface area contributed by atoms with Gasteiger partial charge < -0.3 is 34.1 Å². The third kappa shape index (κ3) is 12.4. The van der Waals surface area contributed by atoms with Gasteiger partial charge in [-0.1, -0.05) is 44.2 Å². The quantitative estimate of drug-likeness (QED) is 0.132. The molecule has 0 unspecified atom stereocenters. The van der Waals surface area contributed by atoms with Gasteiger partial charge in [0.2, 0.25) is 0 Å². The van der Waals surface area contributed by atoms with Crippen molar-refractivity contribution in [2.45, 2.75) is 86.2 Å². The number of aromatic nitrogens is 1. The molecule has 3 aromatic carbocycles. The molecule has 9 heteroatoms. The first-order valence-electron chi connectivity index (χ1n) is 18.4. The highest BCUT2D eigenvalue weighted by atomic mass is 16.5. The number of aliphatic hydroxyl groups is 1. The van der Waals surface area contributed by atoms with E-state index < -0.39 is 11.6 Å². The molecule has 1 aliphatic heterocycles. The molecule has 2 heterocycles. The Morgan fingerprint density at radius 2 is 1.34 bits per heavy atom. The van der Waals surface area contributed by atoms with E-state index in [9.17, 15) is 9.90 Å². The minimum Gasteiger partial charge on any atom is -0.497 e. The molecule has 1 aliphatic rings. The van der Waals surface area contributed by atoms with E-state index in [-0.39, 0.29) is 11.8 Å². The van der Waals surface area contributed by atoms with E-state index in [4.69, 9.17) is 29.0 Å². The van der Waals surface area contributed by atoms with Crippen LogP contribution in [0.15, 0.2) is 66.7 Å². The minimum absolute atomic E-state index is 0.0866. The van der Waals surface area contributed by atoms with Crippen molar-refractivity contribution in [1.29, 1.82) is 0 Å². The summed E-state index contributed by atoms with van der Waals surface area (Å²) in [5.41, 5.74) is 7.18. The van der Waals surface area contributed by atoms with E-state index in [1.54, 1.807) is 35.0 Å². The van der Waals surface area contributed by atoms with E-state index in [0.717, 1.165) is 82.3 Å². The number of pyridine rings is 1. The first-order chi connectivity index (χ1) is 25.1. The van der Waals surface area contributed by atoms with Gasteiger partial charge in [-0.2, -0.15) is 0 Å². The predicted octanol–water partition coefficient (Wildman–Crippen LogP) is 8.66. The number of hydrogen-bond donors (Lipinski definition) is 2. The van der Waals surface area contributed by atoms with Crippen molar-refractivity contribution in [3.63, 3.8) is 0 Å². The van der Waals surface area contributed by atoms with E-state index in [1.165, 1.54) is 0 Å². The van der Waals surface area contributed by atoms with Gasteiger partial charge in [0.05, 0.1) is 45.1 Å². The predicted molar refractivity (Wildman–Crippen MR) is 212 cm³/mol. The molecule has 0 radical (unpaired) electrons. The Morgan fingerprint density at radius 1 is 0.811 bits per heavy atom. The Hall–Kier alpha value is -4.76. The minimum atomic E-state index is -0.866. The molecule has 0 atom stereocenters. The number of benzene rings is 3. The van der Waals surface area contributed by atoms with Gasteiger partial charge in [0, 0.05) is 48.4 Å². The summed E-state index contributed by atoms with van der Waals surface area (Å²) in [6.07, 6.45) is 3.36. The molecule has 53 heavy (non-hydrogen) atoms. The second kappa shape index (κ2) is 18.3. The molecule has 0 saturated carbocycles. The van der Waals surface area contributed by atoms with Gasteiger partial charge in [0.25, 0.3) is 0 Å². The van der Waals surface area contributed by atoms with E-state index >= 15 is 0 Å². The zero-order chi connectivity index (χ0) is 38.8. The third-order valence-corrected chi connectivity index (χ3v) is 9.22. The number of ether oxygens (including phenoxy) is 4. The fourth-order valence-electron chi connectivity index (χ4n) is 6.37. The Bertz CT molecular complexity index is 1810. The van der Waals surface area contributed by atoms with Crippen molar-refractivity contribution in [3.05, 3.63) is 94.8 Å². The van der Waals surface area contributed by atoms with Crippen LogP contribution >= 0.6 is 0 Å². The number of aryl methyl sites for hydroxylation is 2. The summed E-state index contributed by atoms with van der Waals surface area (Å²) in [4.78, 5) is 19.3. The number of carboxylic acid groups (broad SMARTS) is 1. The average molecular weight is 727 g/mol. The molecule has 1 aromatic heterocycles. The van der Waals surface area contributed by atoms with Crippen LogP contribution in [0.3, 0.4) is 0 Å². The number of hydrogen-bond acceptors (Lipinski definition) is 8. The van der Waals surface area contributed by atoms with Crippen molar-refractivity contribution < 1.29 is 34.0 Å². The molecule has 5 rings (SSSR count). The van der Waals surface area contributed by atoms with Gasteiger partial charge in [0.1, 0.15) is 11.5 Å². The number of rotatable bonds is 14. The van der Waals surface area contributed by atoms with Gasteiger partial charge in [0.15, 0.2) is 11.5 Å². The highest BCUT2D eigenvalue weighted by Crippen LogP contribution is 2.43. The second-order valence-corrected chi connectivity index (χ2v) is 15.4. The van der Waals surface area contributed by atoms with Gasteiger partial charge in [-0.25, -0.2) is 0 Å². The van der Waals surface area contributed by atoms with Crippen molar-refractivity contribution in [1.82, 2.24) is 4.98 Å². The number of carboxylic acids is 1. The Labute approximate surface area is 315 Å². The lowest BCUT2D eigenvalue weighted by Crippen LogP contribution is -2.38. The molecule has 4 aromatic rings. The fraction of sp³-hybridized carbons (Fsp3) is 0.455. The normalized spacial score (nSPS) is 13.8. The number of anilines is 1. The molecule has 0 spiro atoms. The van der Waals surface area contributed by atoms with Crippen LogP contribution in [0.25, 0.3) is 11.1 Å². The van der Waals surface area contributed by atoms with Crippen LogP contribution in [0.5, 0.6) is 23.0 Å². The summed E-state index contributed by atoms with van der Waals surface area (Å²) in [6.45, 7) is 16.4. The number of carbonyl (C=O) groups is 1. The summed E-state index contributed by atoms with van der Waals surface area (Å²) < 4.78 is 23.6. The van der Waals surface area contributed by atoms with Crippen LogP contribution in [0.4, 0.5) is 5.69 Å². The summed E-state index contributed by atoms with van der Waals surface area (Å²) in [6, 6.07) is 22.0. The van der Waals surface area contributed by atoms with Crippen LogP contribution in [-0.2, 0) is 24.1 Å². The van der Waals surface area contributed by atoms with Crippen molar-refractivity contribution >= 4 is 11.7 Å². The van der Waals surface area contributed by atoms with E-state index in [0.29, 0.717) is 37.6 Å². The largest absolute Gasteiger partial charge is 0.497 e. The average Bonchev–Trinajstić information content (AvgIpc) is 3.09. The van der Waals surface area contributed by atoms with Gasteiger partial charge >= 0.3 is 5.97 Å². The number of aliphatic carboxylic acids is 1. The smallest absolute Gasteiger partial charge is 0.307 e. The fourth-order valence-corrected chi connectivity index (χ4v) is 6.37. The molecule has 9 nitrogen and oxygen atoms in total. The summed E-state index contributed by atoms with van der Waals surface area (Å²) in [5, 5.41) is 18.4. The van der Waals surface area contributed by atoms with Gasteiger partial charge in [-0.05, 0) is 106 Å². The lowest BCUT2D eigenvalue weighted by molar-refractivity contribution is -0.136. The Kier molecular flexibility index (Phi) is 14.2. The van der Waals surface area contributed by atoms with Crippen LogP contribution in [-0.4, -0.2) is 67.3 Å². The molecule has 0 bridgehead atoms. The van der Waals surface area contributed by atoms with Crippen molar-refractivity contribution in [3.8, 4) is 34.1 Å². The topological polar surface area (TPSA) is 111 Å². The zero-order valence-electron chi connectivity index (χ0n) is 33.0. The monoisotopic (exact) mass is 726 g/mol. The molecule has 1 saturated heterocycles. The van der Waals surface area contributed by atoms with Gasteiger partial charge in [-0.15, -0.1) is 0 Å². The lowest BCUT2D eigenvalue weighted by Gasteiger charge is -2.40. The van der Waals surface area contributed by atoms with E-state index in [1.807, 2.05) is 68.4 Å².